The first-order valence-electron chi connectivity index (χ1n) is 10.4. The molecular weight excluding hydrogens is 390 g/mol. The molecule has 0 spiro atoms. The monoisotopic (exact) mass is 413 g/mol. The topological polar surface area (TPSA) is 29.9 Å². The van der Waals surface area contributed by atoms with Crippen molar-refractivity contribution >= 4 is 17.4 Å². The van der Waals surface area contributed by atoms with E-state index in [9.17, 15) is 0 Å². The van der Waals surface area contributed by atoms with Crippen LogP contribution in [-0.4, -0.2) is 16.3 Å². The minimum Gasteiger partial charge on any atom is -0.369 e. The van der Waals surface area contributed by atoms with Gasteiger partial charge in [0, 0.05) is 29.5 Å². The standard InChI is InChI=1S/C26H24ClN3/c1-18-12-13-21(27)16-25(18)30-26-22(14-15-28-26)24(29-30)17-23(19-8-4-2-5-9-19)20-10-6-3-7-11-20/h2-13,16,23,28H,14-15,17H2,1H3. The average molecular weight is 414 g/mol. The summed E-state index contributed by atoms with van der Waals surface area (Å²) in [5, 5.41) is 9.36. The van der Waals surface area contributed by atoms with Crippen LogP contribution in [-0.2, 0) is 12.8 Å². The maximum atomic E-state index is 6.31. The second kappa shape index (κ2) is 8.00. The summed E-state index contributed by atoms with van der Waals surface area (Å²) in [7, 11) is 0. The fourth-order valence-corrected chi connectivity index (χ4v) is 4.55. The molecule has 0 amide bonds. The van der Waals surface area contributed by atoms with E-state index in [0.717, 1.165) is 47.2 Å². The molecule has 0 saturated carbocycles. The first-order valence-corrected chi connectivity index (χ1v) is 10.8. The third kappa shape index (κ3) is 3.50. The Morgan fingerprint density at radius 2 is 1.63 bits per heavy atom. The summed E-state index contributed by atoms with van der Waals surface area (Å²) in [5.41, 5.74) is 7.31. The lowest BCUT2D eigenvalue weighted by molar-refractivity contribution is 0.744. The first-order chi connectivity index (χ1) is 14.7. The summed E-state index contributed by atoms with van der Waals surface area (Å²) in [6.45, 7) is 3.05. The number of benzene rings is 3. The lowest BCUT2D eigenvalue weighted by Crippen LogP contribution is -2.09. The normalized spacial score (nSPS) is 12.8. The predicted molar refractivity (Wildman–Crippen MR) is 124 cm³/mol. The summed E-state index contributed by atoms with van der Waals surface area (Å²) in [5.74, 6) is 1.37. The Morgan fingerprint density at radius 3 is 2.30 bits per heavy atom. The van der Waals surface area contributed by atoms with Crippen LogP contribution in [0.25, 0.3) is 5.69 Å². The summed E-state index contributed by atoms with van der Waals surface area (Å²) >= 11 is 6.31. The highest BCUT2D eigenvalue weighted by Gasteiger charge is 2.26. The highest BCUT2D eigenvalue weighted by atomic mass is 35.5. The molecule has 3 nitrogen and oxygen atoms in total. The number of anilines is 1. The van der Waals surface area contributed by atoms with Crippen LogP contribution in [0.1, 0.15) is 33.9 Å². The number of aromatic nitrogens is 2. The first kappa shape index (κ1) is 19.0. The van der Waals surface area contributed by atoms with E-state index in [1.807, 2.05) is 16.8 Å². The highest BCUT2D eigenvalue weighted by Crippen LogP contribution is 2.35. The Hall–Kier alpha value is -3.04. The molecule has 4 heteroatoms. The van der Waals surface area contributed by atoms with Crippen molar-refractivity contribution in [3.63, 3.8) is 0 Å². The molecule has 5 rings (SSSR count). The molecule has 1 N–H and O–H groups in total. The third-order valence-corrected chi connectivity index (χ3v) is 6.17. The molecule has 0 atom stereocenters. The van der Waals surface area contributed by atoms with Gasteiger partial charge in [-0.2, -0.15) is 5.10 Å². The number of rotatable bonds is 5. The van der Waals surface area contributed by atoms with E-state index in [1.165, 1.54) is 16.7 Å². The van der Waals surface area contributed by atoms with Gasteiger partial charge < -0.3 is 5.32 Å². The Balaban J connectivity index is 1.59. The molecule has 3 aromatic carbocycles. The van der Waals surface area contributed by atoms with Crippen molar-refractivity contribution in [2.24, 2.45) is 0 Å². The van der Waals surface area contributed by atoms with Gasteiger partial charge in [0.05, 0.1) is 11.4 Å². The Morgan fingerprint density at radius 1 is 0.967 bits per heavy atom. The minimum absolute atomic E-state index is 0.265. The fourth-order valence-electron chi connectivity index (χ4n) is 4.39. The van der Waals surface area contributed by atoms with Crippen LogP contribution in [0.2, 0.25) is 5.02 Å². The quantitative estimate of drug-likeness (QED) is 0.423. The van der Waals surface area contributed by atoms with Crippen LogP contribution in [0.3, 0.4) is 0 Å². The molecule has 0 bridgehead atoms. The van der Waals surface area contributed by atoms with Crippen LogP contribution >= 0.6 is 11.6 Å². The van der Waals surface area contributed by atoms with E-state index in [4.69, 9.17) is 16.7 Å². The number of nitrogens with one attached hydrogen (secondary N) is 1. The van der Waals surface area contributed by atoms with E-state index in [2.05, 4.69) is 79.0 Å². The van der Waals surface area contributed by atoms with Gasteiger partial charge in [0.2, 0.25) is 0 Å². The van der Waals surface area contributed by atoms with Crippen LogP contribution in [0.15, 0.2) is 78.9 Å². The number of hydrogen-bond acceptors (Lipinski definition) is 2. The number of nitrogens with zero attached hydrogens (tertiary/aromatic N) is 2. The van der Waals surface area contributed by atoms with Gasteiger partial charge in [-0.15, -0.1) is 0 Å². The maximum absolute atomic E-state index is 6.31. The molecule has 0 radical (unpaired) electrons. The maximum Gasteiger partial charge on any atom is 0.133 e. The van der Waals surface area contributed by atoms with E-state index < -0.39 is 0 Å². The summed E-state index contributed by atoms with van der Waals surface area (Å²) in [6.07, 6.45) is 1.87. The summed E-state index contributed by atoms with van der Waals surface area (Å²) in [6, 6.07) is 27.5. The van der Waals surface area contributed by atoms with Crippen molar-refractivity contribution in [2.75, 3.05) is 11.9 Å². The Labute approximate surface area is 182 Å². The van der Waals surface area contributed by atoms with E-state index in [1.54, 1.807) is 0 Å². The fraction of sp³-hybridized carbons (Fsp3) is 0.192. The van der Waals surface area contributed by atoms with E-state index in [0.29, 0.717) is 0 Å². The molecule has 1 aromatic heterocycles. The molecular formula is C26H24ClN3. The van der Waals surface area contributed by atoms with E-state index >= 15 is 0 Å². The number of halogens is 1. The van der Waals surface area contributed by atoms with Crippen LogP contribution in [0.5, 0.6) is 0 Å². The second-order valence-electron chi connectivity index (χ2n) is 7.87. The minimum atomic E-state index is 0.265. The summed E-state index contributed by atoms with van der Waals surface area (Å²) < 4.78 is 2.05. The largest absolute Gasteiger partial charge is 0.369 e. The van der Waals surface area contributed by atoms with Gasteiger partial charge in [0.15, 0.2) is 0 Å². The molecule has 0 fully saturated rings. The molecule has 0 saturated heterocycles. The van der Waals surface area contributed by atoms with Crippen molar-refractivity contribution in [3.05, 3.63) is 112 Å². The molecule has 150 valence electrons. The molecule has 0 aliphatic carbocycles. The van der Waals surface area contributed by atoms with Crippen molar-refractivity contribution in [2.45, 2.75) is 25.7 Å². The van der Waals surface area contributed by atoms with Gasteiger partial charge in [-0.05, 0) is 42.2 Å². The molecule has 0 unspecified atom stereocenters. The third-order valence-electron chi connectivity index (χ3n) is 5.93. The zero-order valence-corrected chi connectivity index (χ0v) is 17.7. The van der Waals surface area contributed by atoms with Crippen LogP contribution in [0.4, 0.5) is 5.82 Å². The van der Waals surface area contributed by atoms with Gasteiger partial charge in [-0.25, -0.2) is 4.68 Å². The Kier molecular flexibility index (Phi) is 5.06. The molecule has 30 heavy (non-hydrogen) atoms. The van der Waals surface area contributed by atoms with Crippen LogP contribution < -0.4 is 5.32 Å². The van der Waals surface area contributed by atoms with Gasteiger partial charge in [-0.3, -0.25) is 0 Å². The van der Waals surface area contributed by atoms with Crippen LogP contribution in [0, 0.1) is 6.92 Å². The highest BCUT2D eigenvalue weighted by molar-refractivity contribution is 6.30. The zero-order valence-electron chi connectivity index (χ0n) is 17.0. The number of aryl methyl sites for hydroxylation is 1. The smallest absolute Gasteiger partial charge is 0.133 e. The van der Waals surface area contributed by atoms with Crippen molar-refractivity contribution in [1.82, 2.24) is 9.78 Å². The lowest BCUT2D eigenvalue weighted by Gasteiger charge is -2.17. The second-order valence-corrected chi connectivity index (χ2v) is 8.31. The number of fused-ring (bicyclic) bond motifs is 1. The summed E-state index contributed by atoms with van der Waals surface area (Å²) in [4.78, 5) is 0. The zero-order chi connectivity index (χ0) is 20.5. The van der Waals surface area contributed by atoms with Gasteiger partial charge in [0.1, 0.15) is 5.82 Å². The van der Waals surface area contributed by atoms with Gasteiger partial charge in [-0.1, -0.05) is 78.3 Å². The molecule has 2 heterocycles. The number of hydrogen-bond donors (Lipinski definition) is 1. The van der Waals surface area contributed by atoms with Gasteiger partial charge >= 0.3 is 0 Å². The van der Waals surface area contributed by atoms with Crippen molar-refractivity contribution < 1.29 is 0 Å². The predicted octanol–water partition coefficient (Wildman–Crippen LogP) is 6.18. The molecule has 4 aromatic rings. The SMILES string of the molecule is Cc1ccc(Cl)cc1-n1nc(CC(c2ccccc2)c2ccccc2)c2c1NCC2. The lowest BCUT2D eigenvalue weighted by atomic mass is 9.86. The van der Waals surface area contributed by atoms with Crippen molar-refractivity contribution in [1.29, 1.82) is 0 Å². The van der Waals surface area contributed by atoms with Gasteiger partial charge in [0.25, 0.3) is 0 Å². The van der Waals surface area contributed by atoms with E-state index in [-0.39, 0.29) is 5.92 Å². The van der Waals surface area contributed by atoms with Crippen molar-refractivity contribution in [3.8, 4) is 5.69 Å². The molecule has 1 aliphatic heterocycles. The molecule has 1 aliphatic rings. The Bertz CT molecular complexity index is 1130. The average Bonchev–Trinajstić information content (AvgIpc) is 3.39.